The first-order valence-corrected chi connectivity index (χ1v) is 20.0. The number of esters is 3. The molecule has 3 fully saturated rings. The van der Waals surface area contributed by atoms with E-state index in [4.69, 9.17) is 14.2 Å². The summed E-state index contributed by atoms with van der Waals surface area (Å²) in [6.45, 7) is 32.7. The van der Waals surface area contributed by atoms with Crippen LogP contribution in [0, 0.1) is 12.3 Å². The van der Waals surface area contributed by atoms with Gasteiger partial charge in [-0.05, 0) is 119 Å². The fraction of sp³-hybridized carbons (Fsp3) is 0.795. The molecule has 0 bridgehead atoms. The zero-order chi connectivity index (χ0) is 41.1. The van der Waals surface area contributed by atoms with Crippen LogP contribution in [0.5, 0.6) is 5.75 Å². The number of rotatable bonds is 9. The van der Waals surface area contributed by atoms with E-state index in [1.807, 2.05) is 26.8 Å². The third-order valence-electron chi connectivity index (χ3n) is 11.2. The van der Waals surface area contributed by atoms with Crippen LogP contribution >= 0.6 is 0 Å². The van der Waals surface area contributed by atoms with Gasteiger partial charge in [0.25, 0.3) is 0 Å². The Kier molecular flexibility index (Phi) is 12.0. The Morgan fingerprint density at radius 3 is 1.30 bits per heavy atom. The van der Waals surface area contributed by atoms with Gasteiger partial charge in [-0.15, -0.1) is 0 Å². The number of phenolic OH excluding ortho intramolecular Hbond substituents is 1. The van der Waals surface area contributed by atoms with Gasteiger partial charge in [-0.2, -0.15) is 0 Å². The lowest BCUT2D eigenvalue weighted by molar-refractivity contribution is -0.188. The van der Waals surface area contributed by atoms with Crippen LogP contribution in [-0.2, 0) is 40.4 Å². The third kappa shape index (κ3) is 11.2. The molecule has 54 heavy (non-hydrogen) atoms. The number of aromatic hydroxyl groups is 1. The van der Waals surface area contributed by atoms with Gasteiger partial charge in [0.2, 0.25) is 0 Å². The van der Waals surface area contributed by atoms with Crippen molar-refractivity contribution in [1.82, 2.24) is 16.0 Å². The molecule has 10 nitrogen and oxygen atoms in total. The second-order valence-electron chi connectivity index (χ2n) is 22.1. The number of hydrogen-bond donors (Lipinski definition) is 4. The van der Waals surface area contributed by atoms with E-state index in [1.54, 1.807) is 13.0 Å². The van der Waals surface area contributed by atoms with Crippen molar-refractivity contribution in [2.45, 2.75) is 219 Å². The average molecular weight is 756 g/mol. The molecule has 3 aliphatic heterocycles. The van der Waals surface area contributed by atoms with Crippen molar-refractivity contribution in [3.8, 4) is 5.75 Å². The van der Waals surface area contributed by atoms with Gasteiger partial charge in [0, 0.05) is 71.8 Å². The van der Waals surface area contributed by atoms with Gasteiger partial charge < -0.3 is 35.3 Å². The van der Waals surface area contributed by atoms with Gasteiger partial charge in [-0.3, -0.25) is 14.4 Å². The quantitative estimate of drug-likeness (QED) is 0.114. The molecule has 1 aromatic rings. The number of aryl methyl sites for hydroxylation is 1. The van der Waals surface area contributed by atoms with E-state index in [-0.39, 0.29) is 45.4 Å². The maximum absolute atomic E-state index is 15.1. The number of benzene rings is 1. The molecule has 3 heterocycles. The van der Waals surface area contributed by atoms with Crippen molar-refractivity contribution < 1.29 is 33.7 Å². The van der Waals surface area contributed by atoms with Crippen molar-refractivity contribution >= 4 is 17.9 Å². The van der Waals surface area contributed by atoms with Crippen LogP contribution in [0.15, 0.2) is 12.1 Å². The van der Waals surface area contributed by atoms with Crippen molar-refractivity contribution in [3.63, 3.8) is 0 Å². The fourth-order valence-corrected chi connectivity index (χ4v) is 10.2. The van der Waals surface area contributed by atoms with E-state index in [9.17, 15) is 9.90 Å². The van der Waals surface area contributed by atoms with Gasteiger partial charge >= 0.3 is 17.9 Å². The Morgan fingerprint density at radius 1 is 0.630 bits per heavy atom. The van der Waals surface area contributed by atoms with E-state index >= 15 is 9.59 Å². The number of nitrogens with one attached hydrogen (secondary N) is 3. The maximum atomic E-state index is 15.1. The summed E-state index contributed by atoms with van der Waals surface area (Å²) in [5.41, 5.74) is -2.55. The smallest absolute Gasteiger partial charge is 0.324 e. The fourth-order valence-electron chi connectivity index (χ4n) is 10.2. The number of carbonyl (C=O) groups excluding carboxylic acids is 3. The number of piperidine rings is 3. The minimum atomic E-state index is -2.06. The van der Waals surface area contributed by atoms with Gasteiger partial charge in [0.15, 0.2) is 5.41 Å². The van der Waals surface area contributed by atoms with Crippen molar-refractivity contribution in [3.05, 3.63) is 28.8 Å². The molecule has 4 rings (SSSR count). The molecule has 0 atom stereocenters. The summed E-state index contributed by atoms with van der Waals surface area (Å²) >= 11 is 0. The van der Waals surface area contributed by atoms with Crippen LogP contribution in [0.1, 0.15) is 165 Å². The monoisotopic (exact) mass is 756 g/mol. The predicted octanol–water partition coefficient (Wildman–Crippen LogP) is 7.47. The lowest BCUT2D eigenvalue weighted by atomic mass is 9.75. The zero-order valence-electron chi connectivity index (χ0n) is 36.4. The molecule has 1 aromatic carbocycles. The Hall–Kier alpha value is -2.69. The zero-order valence-corrected chi connectivity index (χ0v) is 36.4. The molecule has 3 aliphatic rings. The number of carbonyl (C=O) groups is 3. The summed E-state index contributed by atoms with van der Waals surface area (Å²) in [5, 5.41) is 22.0. The maximum Gasteiger partial charge on any atom is 0.324 e. The molecule has 4 N–H and O–H groups in total. The number of phenols is 1. The molecule has 0 aromatic heterocycles. The second kappa shape index (κ2) is 14.7. The topological polar surface area (TPSA) is 135 Å². The molecule has 0 unspecified atom stereocenters. The lowest BCUT2D eigenvalue weighted by Crippen LogP contribution is -2.61. The number of ether oxygens (including phenoxy) is 3. The Labute approximate surface area is 326 Å². The van der Waals surface area contributed by atoms with Crippen LogP contribution < -0.4 is 16.0 Å². The highest BCUT2D eigenvalue weighted by Gasteiger charge is 2.55. The average Bonchev–Trinajstić information content (AvgIpc) is 2.88. The molecule has 0 saturated carbocycles. The van der Waals surface area contributed by atoms with Crippen LogP contribution in [0.2, 0.25) is 0 Å². The summed E-state index contributed by atoms with van der Waals surface area (Å²) in [7, 11) is 0. The number of hydrogen-bond acceptors (Lipinski definition) is 10. The highest BCUT2D eigenvalue weighted by Crippen LogP contribution is 2.42. The van der Waals surface area contributed by atoms with Crippen LogP contribution in [0.25, 0.3) is 0 Å². The van der Waals surface area contributed by atoms with Crippen molar-refractivity contribution in [2.75, 3.05) is 0 Å². The molecular formula is C44H73N3O7. The first-order chi connectivity index (χ1) is 24.2. The summed E-state index contributed by atoms with van der Waals surface area (Å²) in [6.07, 6.45) is 1.11. The summed E-state index contributed by atoms with van der Waals surface area (Å²) in [5.74, 6) is -2.06. The Balaban J connectivity index is 1.85. The van der Waals surface area contributed by atoms with Gasteiger partial charge in [-0.25, -0.2) is 0 Å². The second-order valence-corrected chi connectivity index (χ2v) is 22.1. The summed E-state index contributed by atoms with van der Waals surface area (Å²) in [6, 6.07) is 3.63. The predicted molar refractivity (Wildman–Crippen MR) is 214 cm³/mol. The first-order valence-electron chi connectivity index (χ1n) is 20.0. The van der Waals surface area contributed by atoms with Crippen molar-refractivity contribution in [2.24, 2.45) is 5.41 Å². The van der Waals surface area contributed by atoms with Crippen LogP contribution in [-0.4, -0.2) is 74.6 Å². The molecule has 0 spiro atoms. The normalized spacial score (nSPS) is 24.0. The van der Waals surface area contributed by atoms with E-state index < -0.39 is 53.5 Å². The SMILES string of the molecule is Cc1cc(CC(CC(=O)OC2CC(C)(C)NC(C)(C)C2)(C(=O)OC2CC(C)(C)NC(C)(C)C2)C(=O)OC2CC(C)(C)NC(C)(C)C2)cc(C(C)(C)C)c1O. The van der Waals surface area contributed by atoms with E-state index in [2.05, 4.69) is 99.0 Å². The van der Waals surface area contributed by atoms with E-state index in [1.165, 1.54) is 0 Å². The van der Waals surface area contributed by atoms with Crippen molar-refractivity contribution in [1.29, 1.82) is 0 Å². The first kappa shape index (κ1) is 44.0. The molecule has 306 valence electrons. The largest absolute Gasteiger partial charge is 0.507 e. The molecule has 3 saturated heterocycles. The minimum absolute atomic E-state index is 0.163. The summed E-state index contributed by atoms with van der Waals surface area (Å²) < 4.78 is 19.1. The molecule has 0 aliphatic carbocycles. The van der Waals surface area contributed by atoms with E-state index in [0.717, 1.165) is 0 Å². The van der Waals surface area contributed by atoms with Gasteiger partial charge in [0.1, 0.15) is 24.1 Å². The third-order valence-corrected chi connectivity index (χ3v) is 11.2. The highest BCUT2D eigenvalue weighted by molar-refractivity contribution is 6.03. The van der Waals surface area contributed by atoms with Gasteiger partial charge in [0.05, 0.1) is 6.42 Å². The minimum Gasteiger partial charge on any atom is -0.507 e. The summed E-state index contributed by atoms with van der Waals surface area (Å²) in [4.78, 5) is 44.7. The van der Waals surface area contributed by atoms with Crippen LogP contribution in [0.4, 0.5) is 0 Å². The van der Waals surface area contributed by atoms with E-state index in [0.29, 0.717) is 55.2 Å². The molecular weight excluding hydrogens is 682 g/mol. The molecule has 10 heteroatoms. The standard InChI is InChI=1S/C44H73N3O7/c1-27-17-28(18-32(34(27)49)37(2,3)4)19-44(35(50)53-30-22-40(9,10)46-41(11,12)23-30,36(51)54-31-24-42(13,14)47-43(15,16)25-31)26-33(48)52-29-20-38(5,6)45-39(7,8)21-29/h17-18,29-31,45-47,49H,19-26H2,1-16H3. The lowest BCUT2D eigenvalue weighted by Gasteiger charge is -2.47. The van der Waals surface area contributed by atoms with Crippen LogP contribution in [0.3, 0.4) is 0 Å². The molecule has 0 amide bonds. The van der Waals surface area contributed by atoms with Gasteiger partial charge in [-0.1, -0.05) is 32.9 Å². The highest BCUT2D eigenvalue weighted by atomic mass is 16.6. The Bertz CT molecular complexity index is 1480. The molecule has 0 radical (unpaired) electrons. The Morgan fingerprint density at radius 2 is 0.963 bits per heavy atom.